The van der Waals surface area contributed by atoms with Gasteiger partial charge in [-0.1, -0.05) is 15.9 Å². The fourth-order valence-electron chi connectivity index (χ4n) is 1.33. The molecule has 0 N–H and O–H groups in total. The van der Waals surface area contributed by atoms with Gasteiger partial charge in [0.1, 0.15) is 9.39 Å². The Morgan fingerprint density at radius 1 is 1.65 bits per heavy atom. The summed E-state index contributed by atoms with van der Waals surface area (Å²) in [7, 11) is 1.26. The molecule has 0 unspecified atom stereocenters. The third-order valence-corrected chi connectivity index (χ3v) is 3.23. The predicted molar refractivity (Wildman–Crippen MR) is 70.3 cm³/mol. The van der Waals surface area contributed by atoms with E-state index < -0.39 is 12.4 Å². The molecular weight excluding hydrogens is 411 g/mol. The smallest absolute Gasteiger partial charge is 0.309 e. The molecule has 0 aliphatic carbocycles. The van der Waals surface area contributed by atoms with Crippen molar-refractivity contribution in [2.24, 2.45) is 0 Å². The average molecular weight is 420 g/mol. The first-order valence-corrected chi connectivity index (χ1v) is 6.78. The first-order valence-electron chi connectivity index (χ1n) is 4.58. The summed E-state index contributed by atoms with van der Waals surface area (Å²) in [5.41, 5.74) is 0.585. The number of esters is 1. The molecule has 0 aliphatic heterocycles. The van der Waals surface area contributed by atoms with Crippen LogP contribution in [-0.4, -0.2) is 18.1 Å². The van der Waals surface area contributed by atoms with E-state index in [1.54, 1.807) is 6.07 Å². The second-order valence-corrected chi connectivity index (χ2v) is 4.82. The molecule has 0 spiro atoms. The van der Waals surface area contributed by atoms with Gasteiger partial charge in [-0.05, 0) is 39.8 Å². The van der Waals surface area contributed by atoms with Gasteiger partial charge in [-0.3, -0.25) is 4.79 Å². The van der Waals surface area contributed by atoms with E-state index in [1.165, 1.54) is 7.11 Å². The van der Waals surface area contributed by atoms with Crippen molar-refractivity contribution in [3.63, 3.8) is 0 Å². The van der Waals surface area contributed by atoms with E-state index >= 15 is 0 Å². The second kappa shape index (κ2) is 6.58. The molecule has 3 nitrogen and oxygen atoms in total. The Morgan fingerprint density at radius 2 is 2.29 bits per heavy atom. The molecule has 0 bridgehead atoms. The van der Waals surface area contributed by atoms with Crippen molar-refractivity contribution in [1.29, 1.82) is 0 Å². The van der Waals surface area contributed by atoms with Crippen LogP contribution >= 0.6 is 38.5 Å². The van der Waals surface area contributed by atoms with Gasteiger partial charge in [0.05, 0.1) is 13.5 Å². The zero-order valence-corrected chi connectivity index (χ0v) is 12.6. The summed E-state index contributed by atoms with van der Waals surface area (Å²) in [4.78, 5) is 15.0. The Bertz CT molecular complexity index is 429. The van der Waals surface area contributed by atoms with Crippen LogP contribution in [0.5, 0.6) is 0 Å². The molecule has 0 atom stereocenters. The minimum absolute atomic E-state index is 0.0321. The van der Waals surface area contributed by atoms with Gasteiger partial charge in [0, 0.05) is 5.33 Å². The van der Waals surface area contributed by atoms with Gasteiger partial charge in [0.15, 0.2) is 0 Å². The van der Waals surface area contributed by atoms with Gasteiger partial charge in [-0.2, -0.15) is 0 Å². The van der Waals surface area contributed by atoms with Crippen LogP contribution in [0.3, 0.4) is 0 Å². The first kappa shape index (κ1) is 14.7. The number of halogens is 4. The number of rotatable bonds is 4. The molecule has 7 heteroatoms. The lowest BCUT2D eigenvalue weighted by atomic mass is 10.1. The normalized spacial score (nSPS) is 10.7. The molecule has 0 saturated carbocycles. The van der Waals surface area contributed by atoms with Crippen LogP contribution in [0.25, 0.3) is 0 Å². The van der Waals surface area contributed by atoms with Crippen molar-refractivity contribution in [2.75, 3.05) is 7.11 Å². The van der Waals surface area contributed by atoms with E-state index in [9.17, 15) is 13.6 Å². The Hall–Kier alpha value is -0.310. The summed E-state index contributed by atoms with van der Waals surface area (Å²) < 4.78 is 30.5. The maximum atomic E-state index is 12.8. The van der Waals surface area contributed by atoms with Gasteiger partial charge in [0.25, 0.3) is 6.43 Å². The summed E-state index contributed by atoms with van der Waals surface area (Å²) in [6.45, 7) is 0. The van der Waals surface area contributed by atoms with Crippen LogP contribution in [0.4, 0.5) is 8.78 Å². The van der Waals surface area contributed by atoms with Crippen molar-refractivity contribution >= 4 is 44.5 Å². The molecule has 94 valence electrons. The number of carbonyl (C=O) groups is 1. The topological polar surface area (TPSA) is 39.2 Å². The van der Waals surface area contributed by atoms with Gasteiger partial charge >= 0.3 is 5.97 Å². The number of hydrogen-bond donors (Lipinski definition) is 0. The Kier molecular flexibility index (Phi) is 5.71. The highest BCUT2D eigenvalue weighted by Crippen LogP contribution is 2.27. The molecule has 0 amide bonds. The van der Waals surface area contributed by atoms with E-state index in [1.807, 2.05) is 22.6 Å². The van der Waals surface area contributed by atoms with Crippen LogP contribution < -0.4 is 0 Å². The summed E-state index contributed by atoms with van der Waals surface area (Å²) >= 11 is 4.98. The average Bonchev–Trinajstić information content (AvgIpc) is 2.28. The van der Waals surface area contributed by atoms with Gasteiger partial charge in [-0.15, -0.1) is 0 Å². The highest BCUT2D eigenvalue weighted by molar-refractivity contribution is 14.1. The molecule has 0 fully saturated rings. The molecule has 0 aliphatic rings. The fraction of sp³-hybridized carbons (Fsp3) is 0.400. The molecule has 0 saturated heterocycles. The van der Waals surface area contributed by atoms with Crippen LogP contribution in [0.15, 0.2) is 6.07 Å². The van der Waals surface area contributed by atoms with Crippen LogP contribution in [0, 0.1) is 3.70 Å². The first-order chi connectivity index (χ1) is 7.99. The monoisotopic (exact) mass is 419 g/mol. The second-order valence-electron chi connectivity index (χ2n) is 3.16. The van der Waals surface area contributed by atoms with Gasteiger partial charge in [0.2, 0.25) is 0 Å². The lowest BCUT2D eigenvalue weighted by molar-refractivity contribution is -0.139. The van der Waals surface area contributed by atoms with Crippen molar-refractivity contribution in [2.45, 2.75) is 18.2 Å². The van der Waals surface area contributed by atoms with Crippen molar-refractivity contribution in [1.82, 2.24) is 4.98 Å². The number of aromatic nitrogens is 1. The van der Waals surface area contributed by atoms with Crippen molar-refractivity contribution in [3.05, 3.63) is 26.6 Å². The number of ether oxygens (including phenoxy) is 1. The van der Waals surface area contributed by atoms with Gasteiger partial charge in [-0.25, -0.2) is 13.8 Å². The largest absolute Gasteiger partial charge is 0.469 e. The number of methoxy groups -OCH3 is 1. The standard InChI is InChI=1S/C10H9BrF2INO2/c1-17-8(16)3-5-2-7(14)15-9(10(12)13)6(5)4-11/h2,10H,3-4H2,1H3. The highest BCUT2D eigenvalue weighted by atomic mass is 127. The maximum Gasteiger partial charge on any atom is 0.309 e. The Labute approximate surface area is 119 Å². The third-order valence-electron chi connectivity index (χ3n) is 2.12. The SMILES string of the molecule is COC(=O)Cc1cc(I)nc(C(F)F)c1CBr. The summed E-state index contributed by atoms with van der Waals surface area (Å²) in [5, 5.41) is 0.225. The van der Waals surface area contributed by atoms with E-state index in [0.717, 1.165) is 0 Å². The van der Waals surface area contributed by atoms with E-state index in [4.69, 9.17) is 0 Å². The van der Waals surface area contributed by atoms with Crippen LogP contribution in [0.1, 0.15) is 23.2 Å². The third kappa shape index (κ3) is 3.84. The van der Waals surface area contributed by atoms with E-state index in [-0.39, 0.29) is 17.4 Å². The van der Waals surface area contributed by atoms with Crippen molar-refractivity contribution < 1.29 is 18.3 Å². The molecule has 1 rings (SSSR count). The molecule has 17 heavy (non-hydrogen) atoms. The summed E-state index contributed by atoms with van der Waals surface area (Å²) in [5.74, 6) is -0.464. The highest BCUT2D eigenvalue weighted by Gasteiger charge is 2.20. The zero-order valence-electron chi connectivity index (χ0n) is 8.84. The summed E-state index contributed by atoms with van der Waals surface area (Å²) in [6, 6.07) is 1.61. The minimum Gasteiger partial charge on any atom is -0.469 e. The van der Waals surface area contributed by atoms with Crippen LogP contribution in [0.2, 0.25) is 0 Å². The molecule has 0 aromatic carbocycles. The number of pyridine rings is 1. The Balaban J connectivity index is 3.23. The maximum absolute atomic E-state index is 12.8. The molecule has 0 radical (unpaired) electrons. The van der Waals surface area contributed by atoms with E-state index in [2.05, 4.69) is 25.7 Å². The van der Waals surface area contributed by atoms with E-state index in [0.29, 0.717) is 14.8 Å². The number of hydrogen-bond acceptors (Lipinski definition) is 3. The zero-order chi connectivity index (χ0) is 13.0. The number of alkyl halides is 3. The van der Waals surface area contributed by atoms with Crippen molar-refractivity contribution in [3.8, 4) is 0 Å². The minimum atomic E-state index is -2.66. The van der Waals surface area contributed by atoms with Gasteiger partial charge < -0.3 is 4.74 Å². The molecule has 1 aromatic heterocycles. The summed E-state index contributed by atoms with van der Waals surface area (Å²) in [6.07, 6.45) is -2.69. The predicted octanol–water partition coefficient (Wildman–Crippen LogP) is 3.23. The number of carbonyl (C=O) groups excluding carboxylic acids is 1. The lowest BCUT2D eigenvalue weighted by Gasteiger charge is -2.11. The van der Waals surface area contributed by atoms with Crippen LogP contribution in [-0.2, 0) is 21.3 Å². The fourth-order valence-corrected chi connectivity index (χ4v) is 2.61. The molecular formula is C10H9BrF2INO2. The molecule has 1 heterocycles. The Morgan fingerprint density at radius 3 is 2.76 bits per heavy atom. The quantitative estimate of drug-likeness (QED) is 0.325. The number of nitrogens with zero attached hydrogens (tertiary/aromatic N) is 1. The lowest BCUT2D eigenvalue weighted by Crippen LogP contribution is -2.10. The molecule has 1 aromatic rings.